The first kappa shape index (κ1) is 29.5. The fourth-order valence-corrected chi connectivity index (χ4v) is 5.80. The molecule has 7 nitrogen and oxygen atoms in total. The molecule has 0 saturated heterocycles. The second-order valence-electron chi connectivity index (χ2n) is 9.12. The summed E-state index contributed by atoms with van der Waals surface area (Å²) >= 11 is 12.4. The summed E-state index contributed by atoms with van der Waals surface area (Å²) in [4.78, 5) is 27.7. The normalized spacial score (nSPS) is 12.2. The van der Waals surface area contributed by atoms with Crippen molar-refractivity contribution in [1.82, 2.24) is 10.2 Å². The molecule has 0 radical (unpaired) electrons. The molecule has 0 aliphatic carbocycles. The van der Waals surface area contributed by atoms with Crippen molar-refractivity contribution in [3.8, 4) is 0 Å². The predicted octanol–water partition coefficient (Wildman–Crippen LogP) is 5.48. The molecule has 3 aromatic rings. The minimum absolute atomic E-state index is 0.0189. The fourth-order valence-electron chi connectivity index (χ4n) is 3.90. The zero-order valence-electron chi connectivity index (χ0n) is 21.7. The van der Waals surface area contributed by atoms with Crippen molar-refractivity contribution in [2.75, 3.05) is 17.9 Å². The lowest BCUT2D eigenvalue weighted by Gasteiger charge is -2.32. The number of nitrogens with one attached hydrogen (secondary N) is 1. The molecule has 0 aliphatic heterocycles. The highest BCUT2D eigenvalue weighted by Crippen LogP contribution is 2.27. The van der Waals surface area contributed by atoms with Gasteiger partial charge >= 0.3 is 0 Å². The van der Waals surface area contributed by atoms with Gasteiger partial charge < -0.3 is 10.2 Å². The van der Waals surface area contributed by atoms with Gasteiger partial charge in [0, 0.05) is 23.6 Å². The zero-order valence-corrected chi connectivity index (χ0v) is 24.0. The summed E-state index contributed by atoms with van der Waals surface area (Å²) in [7, 11) is -2.64. The third-order valence-electron chi connectivity index (χ3n) is 6.23. The van der Waals surface area contributed by atoms with Crippen molar-refractivity contribution < 1.29 is 18.0 Å². The Balaban J connectivity index is 2.05. The van der Waals surface area contributed by atoms with E-state index in [1.165, 1.54) is 24.1 Å². The molecule has 1 N–H and O–H groups in total. The molecule has 3 rings (SSSR count). The molecule has 10 heteroatoms. The first-order valence-electron chi connectivity index (χ1n) is 12.1. The molecule has 0 spiro atoms. The van der Waals surface area contributed by atoms with Gasteiger partial charge in [-0.1, -0.05) is 73.4 Å². The summed E-state index contributed by atoms with van der Waals surface area (Å²) in [5.41, 5.74) is 1.94. The summed E-state index contributed by atoms with van der Waals surface area (Å²) in [6.45, 7) is 5.11. The molecular formula is C28H31Cl2N3O4S. The molecule has 3 aromatic carbocycles. The molecular weight excluding hydrogens is 545 g/mol. The zero-order chi connectivity index (χ0) is 28.0. The van der Waals surface area contributed by atoms with E-state index in [0.29, 0.717) is 21.3 Å². The smallest absolute Gasteiger partial charge is 0.264 e. The number of amides is 2. The summed E-state index contributed by atoms with van der Waals surface area (Å²) in [6, 6.07) is 18.9. The van der Waals surface area contributed by atoms with Crippen LogP contribution in [0.25, 0.3) is 0 Å². The van der Waals surface area contributed by atoms with Gasteiger partial charge in [-0.25, -0.2) is 8.42 Å². The standard InChI is InChI=1S/C28H31Cl2N3O4S/c1-19(2)21-11-14-24(15-12-21)33(38(36,37)25-8-6-5-7-9-25)18-27(34)32(20(3)28(35)31-4)17-22-10-13-23(29)16-26(22)30/h5-16,19-20H,17-18H2,1-4H3,(H,31,35). The minimum Gasteiger partial charge on any atom is -0.357 e. The van der Waals surface area contributed by atoms with Crippen LogP contribution in [0.3, 0.4) is 0 Å². The number of hydrogen-bond donors (Lipinski definition) is 1. The van der Waals surface area contributed by atoms with E-state index in [4.69, 9.17) is 23.2 Å². The highest BCUT2D eigenvalue weighted by molar-refractivity contribution is 7.92. The van der Waals surface area contributed by atoms with Gasteiger partial charge in [0.05, 0.1) is 10.6 Å². The monoisotopic (exact) mass is 575 g/mol. The topological polar surface area (TPSA) is 86.8 Å². The maximum Gasteiger partial charge on any atom is 0.264 e. The average Bonchev–Trinajstić information content (AvgIpc) is 2.90. The first-order chi connectivity index (χ1) is 17.9. The molecule has 1 unspecified atom stereocenters. The number of halogens is 2. The van der Waals surface area contributed by atoms with Gasteiger partial charge in [0.25, 0.3) is 10.0 Å². The summed E-state index contributed by atoms with van der Waals surface area (Å²) in [5, 5.41) is 3.31. The number of anilines is 1. The van der Waals surface area contributed by atoms with Crippen LogP contribution in [-0.2, 0) is 26.2 Å². The number of likely N-dealkylation sites (N-methyl/N-ethyl adjacent to an activating group) is 1. The van der Waals surface area contributed by atoms with E-state index >= 15 is 0 Å². The number of carbonyl (C=O) groups excluding carboxylic acids is 2. The van der Waals surface area contributed by atoms with Crippen molar-refractivity contribution in [3.63, 3.8) is 0 Å². The molecule has 0 saturated carbocycles. The van der Waals surface area contributed by atoms with Crippen molar-refractivity contribution >= 4 is 50.7 Å². The van der Waals surface area contributed by atoms with Crippen LogP contribution in [0.15, 0.2) is 77.7 Å². The first-order valence-corrected chi connectivity index (χ1v) is 14.3. The van der Waals surface area contributed by atoms with E-state index in [1.54, 1.807) is 55.5 Å². The molecule has 0 fully saturated rings. The summed E-state index contributed by atoms with van der Waals surface area (Å²) < 4.78 is 28.6. The molecule has 2 amide bonds. The second-order valence-corrected chi connectivity index (χ2v) is 11.8. The second kappa shape index (κ2) is 12.7. The predicted molar refractivity (Wildman–Crippen MR) is 152 cm³/mol. The minimum atomic E-state index is -4.11. The van der Waals surface area contributed by atoms with Crippen molar-refractivity contribution in [1.29, 1.82) is 0 Å². The lowest BCUT2D eigenvalue weighted by molar-refractivity contribution is -0.139. The van der Waals surface area contributed by atoms with Crippen LogP contribution in [0, 0.1) is 0 Å². The summed E-state index contributed by atoms with van der Waals surface area (Å²) in [6.07, 6.45) is 0. The van der Waals surface area contributed by atoms with Crippen LogP contribution in [-0.4, -0.2) is 44.8 Å². The Morgan fingerprint density at radius 2 is 1.55 bits per heavy atom. The highest BCUT2D eigenvalue weighted by atomic mass is 35.5. The van der Waals surface area contributed by atoms with Crippen LogP contribution in [0.4, 0.5) is 5.69 Å². The molecule has 0 aliphatic rings. The van der Waals surface area contributed by atoms with E-state index in [9.17, 15) is 18.0 Å². The SMILES string of the molecule is CNC(=O)C(C)N(Cc1ccc(Cl)cc1Cl)C(=O)CN(c1ccc(C(C)C)cc1)S(=O)(=O)c1ccccc1. The maximum atomic E-state index is 13.8. The Labute approximate surface area is 234 Å². The number of benzene rings is 3. The lowest BCUT2D eigenvalue weighted by Crippen LogP contribution is -2.50. The van der Waals surface area contributed by atoms with Crippen molar-refractivity contribution in [2.45, 2.75) is 44.2 Å². The lowest BCUT2D eigenvalue weighted by atomic mass is 10.0. The largest absolute Gasteiger partial charge is 0.357 e. The molecule has 0 aromatic heterocycles. The molecule has 0 bridgehead atoms. The molecule has 1 atom stereocenters. The van der Waals surface area contributed by atoms with Crippen molar-refractivity contribution in [3.05, 3.63) is 94.0 Å². The van der Waals surface area contributed by atoms with Crippen LogP contribution >= 0.6 is 23.2 Å². The van der Waals surface area contributed by atoms with Crippen LogP contribution in [0.1, 0.15) is 37.8 Å². The van der Waals surface area contributed by atoms with Gasteiger partial charge in [0.1, 0.15) is 12.6 Å². The van der Waals surface area contributed by atoms with Gasteiger partial charge in [-0.15, -0.1) is 0 Å². The highest BCUT2D eigenvalue weighted by Gasteiger charge is 2.32. The Kier molecular flexibility index (Phi) is 9.82. The van der Waals surface area contributed by atoms with Gasteiger partial charge in [-0.3, -0.25) is 13.9 Å². The number of nitrogens with zero attached hydrogens (tertiary/aromatic N) is 2. The Morgan fingerprint density at radius 3 is 2.11 bits per heavy atom. The third kappa shape index (κ3) is 6.87. The van der Waals surface area contributed by atoms with Crippen molar-refractivity contribution in [2.24, 2.45) is 0 Å². The van der Waals surface area contributed by atoms with Crippen LogP contribution in [0.5, 0.6) is 0 Å². The van der Waals surface area contributed by atoms with Crippen LogP contribution in [0.2, 0.25) is 10.0 Å². The van der Waals surface area contributed by atoms with Gasteiger partial charge in [0.2, 0.25) is 11.8 Å². The maximum absolute atomic E-state index is 13.8. The van der Waals surface area contributed by atoms with Gasteiger partial charge in [-0.05, 0) is 60.4 Å². The van der Waals surface area contributed by atoms with E-state index in [2.05, 4.69) is 5.32 Å². The van der Waals surface area contributed by atoms with Gasteiger partial charge in [0.15, 0.2) is 0 Å². The number of rotatable bonds is 10. The molecule has 0 heterocycles. The average molecular weight is 577 g/mol. The quantitative estimate of drug-likeness (QED) is 0.347. The Hall–Kier alpha value is -3.07. The van der Waals surface area contributed by atoms with Crippen LogP contribution < -0.4 is 9.62 Å². The number of hydrogen-bond acceptors (Lipinski definition) is 4. The van der Waals surface area contributed by atoms with E-state index < -0.39 is 34.4 Å². The molecule has 202 valence electrons. The fraction of sp³-hybridized carbons (Fsp3) is 0.286. The Bertz CT molecular complexity index is 1380. The number of carbonyl (C=O) groups is 2. The van der Waals surface area contributed by atoms with E-state index in [0.717, 1.165) is 9.87 Å². The Morgan fingerprint density at radius 1 is 0.921 bits per heavy atom. The number of sulfonamides is 1. The van der Waals surface area contributed by atoms with E-state index in [1.807, 2.05) is 26.0 Å². The van der Waals surface area contributed by atoms with E-state index in [-0.39, 0.29) is 17.4 Å². The summed E-state index contributed by atoms with van der Waals surface area (Å²) in [5.74, 6) is -0.723. The third-order valence-corrected chi connectivity index (χ3v) is 8.60. The molecule has 38 heavy (non-hydrogen) atoms. The van der Waals surface area contributed by atoms with Gasteiger partial charge in [-0.2, -0.15) is 0 Å².